The molecular weight excluding hydrogens is 348 g/mol. The lowest BCUT2D eigenvalue weighted by atomic mass is 10.1. The molecule has 142 valence electrons. The van der Waals surface area contributed by atoms with Gasteiger partial charge in [0.25, 0.3) is 5.91 Å². The highest BCUT2D eigenvalue weighted by atomic mass is 16.5. The molecule has 3 heterocycles. The van der Waals surface area contributed by atoms with Crippen LogP contribution in [0.3, 0.4) is 0 Å². The van der Waals surface area contributed by atoms with E-state index in [2.05, 4.69) is 25.9 Å². The number of hydrogen-bond donors (Lipinski definition) is 2. The van der Waals surface area contributed by atoms with E-state index in [0.717, 1.165) is 31.6 Å². The first kappa shape index (κ1) is 17.6. The molecule has 1 aliphatic heterocycles. The quantitative estimate of drug-likeness (QED) is 0.708. The number of carbonyl (C=O) groups excluding carboxylic acids is 1. The number of benzene rings is 1. The van der Waals surface area contributed by atoms with Gasteiger partial charge < -0.3 is 19.8 Å². The predicted octanol–water partition coefficient (Wildman–Crippen LogP) is 2.05. The van der Waals surface area contributed by atoms with Gasteiger partial charge in [0, 0.05) is 12.8 Å². The van der Waals surface area contributed by atoms with Crippen LogP contribution in [0.25, 0.3) is 11.1 Å². The number of oxazole rings is 1. The monoisotopic (exact) mass is 370 g/mol. The van der Waals surface area contributed by atoms with Gasteiger partial charge in [0.1, 0.15) is 12.1 Å². The summed E-state index contributed by atoms with van der Waals surface area (Å²) in [6.07, 6.45) is 1.97. The number of nitrogens with one attached hydrogen (secondary N) is 2. The van der Waals surface area contributed by atoms with Crippen molar-refractivity contribution >= 4 is 22.7 Å². The lowest BCUT2D eigenvalue weighted by Gasteiger charge is -2.23. The van der Waals surface area contributed by atoms with Gasteiger partial charge in [-0.3, -0.25) is 4.79 Å². The molecule has 2 N–H and O–H groups in total. The summed E-state index contributed by atoms with van der Waals surface area (Å²) in [4.78, 5) is 17.0. The van der Waals surface area contributed by atoms with Crippen LogP contribution in [0.15, 0.2) is 22.6 Å². The number of amides is 1. The molecule has 2 aromatic heterocycles. The smallest absolute Gasteiger partial charge is 0.278 e. The zero-order valence-corrected chi connectivity index (χ0v) is 15.4. The number of carbonyl (C=O) groups is 1. The van der Waals surface area contributed by atoms with Gasteiger partial charge in [0.05, 0.1) is 11.7 Å². The summed E-state index contributed by atoms with van der Waals surface area (Å²) in [5.41, 5.74) is 3.06. The van der Waals surface area contributed by atoms with E-state index < -0.39 is 0 Å². The SMILES string of the molecule is COCc1nc2cc(NC(=O)c3nnn(C4CCNCC4)c3C)ccc2o1. The van der Waals surface area contributed by atoms with E-state index in [9.17, 15) is 4.79 Å². The molecule has 0 saturated carbocycles. The number of nitrogens with zero attached hydrogens (tertiary/aromatic N) is 4. The van der Waals surface area contributed by atoms with Crippen molar-refractivity contribution in [3.05, 3.63) is 35.5 Å². The van der Waals surface area contributed by atoms with Crippen LogP contribution in [0.5, 0.6) is 0 Å². The summed E-state index contributed by atoms with van der Waals surface area (Å²) in [6.45, 7) is 4.09. The van der Waals surface area contributed by atoms with Crippen molar-refractivity contribution in [1.82, 2.24) is 25.3 Å². The first-order valence-electron chi connectivity index (χ1n) is 8.98. The second kappa shape index (κ2) is 7.45. The van der Waals surface area contributed by atoms with Gasteiger partial charge in [-0.15, -0.1) is 5.10 Å². The van der Waals surface area contributed by atoms with Crippen LogP contribution in [0.1, 0.15) is 41.0 Å². The molecule has 0 spiro atoms. The standard InChI is InChI=1S/C18H22N6O3/c1-11-17(22-23-24(11)13-5-7-19-8-6-13)18(25)20-12-3-4-15-14(9-12)21-16(27-15)10-26-2/h3-4,9,13,19H,5-8,10H2,1-2H3,(H,20,25). The molecule has 4 rings (SSSR count). The molecule has 27 heavy (non-hydrogen) atoms. The average Bonchev–Trinajstić information content (AvgIpc) is 3.25. The molecule has 1 aliphatic rings. The van der Waals surface area contributed by atoms with E-state index in [-0.39, 0.29) is 11.9 Å². The number of aromatic nitrogens is 4. The maximum Gasteiger partial charge on any atom is 0.278 e. The molecule has 0 atom stereocenters. The van der Waals surface area contributed by atoms with Crippen LogP contribution in [0, 0.1) is 6.92 Å². The number of anilines is 1. The Balaban J connectivity index is 1.52. The Labute approximate surface area is 156 Å². The van der Waals surface area contributed by atoms with Crippen LogP contribution in [-0.4, -0.2) is 46.1 Å². The zero-order chi connectivity index (χ0) is 18.8. The third kappa shape index (κ3) is 3.56. The van der Waals surface area contributed by atoms with Crippen LogP contribution in [0.2, 0.25) is 0 Å². The fourth-order valence-electron chi connectivity index (χ4n) is 3.38. The van der Waals surface area contributed by atoms with Crippen LogP contribution < -0.4 is 10.6 Å². The number of rotatable bonds is 5. The average molecular weight is 370 g/mol. The minimum Gasteiger partial charge on any atom is -0.438 e. The van der Waals surface area contributed by atoms with Gasteiger partial charge in [0.2, 0.25) is 5.89 Å². The minimum absolute atomic E-state index is 0.283. The Morgan fingerprint density at radius 2 is 2.22 bits per heavy atom. The van der Waals surface area contributed by atoms with Crippen LogP contribution in [0.4, 0.5) is 5.69 Å². The van der Waals surface area contributed by atoms with Crippen molar-refractivity contribution in [3.63, 3.8) is 0 Å². The van der Waals surface area contributed by atoms with Gasteiger partial charge in [-0.05, 0) is 51.1 Å². The van der Waals surface area contributed by atoms with E-state index in [1.165, 1.54) is 0 Å². The third-order valence-electron chi connectivity index (χ3n) is 4.75. The van der Waals surface area contributed by atoms with E-state index in [1.54, 1.807) is 25.3 Å². The summed E-state index contributed by atoms with van der Waals surface area (Å²) in [5, 5.41) is 14.5. The zero-order valence-electron chi connectivity index (χ0n) is 15.4. The fraction of sp³-hybridized carbons (Fsp3) is 0.444. The van der Waals surface area contributed by atoms with Crippen molar-refractivity contribution in [3.8, 4) is 0 Å². The molecule has 0 radical (unpaired) electrons. The minimum atomic E-state index is -0.285. The Morgan fingerprint density at radius 1 is 1.41 bits per heavy atom. The van der Waals surface area contributed by atoms with Crippen molar-refractivity contribution < 1.29 is 13.9 Å². The van der Waals surface area contributed by atoms with Gasteiger partial charge in [-0.25, -0.2) is 9.67 Å². The molecule has 0 unspecified atom stereocenters. The van der Waals surface area contributed by atoms with Gasteiger partial charge >= 0.3 is 0 Å². The molecule has 0 aliphatic carbocycles. The summed E-state index contributed by atoms with van der Waals surface area (Å²) >= 11 is 0. The third-order valence-corrected chi connectivity index (χ3v) is 4.75. The molecule has 0 bridgehead atoms. The van der Waals surface area contributed by atoms with E-state index >= 15 is 0 Å². The predicted molar refractivity (Wildman–Crippen MR) is 98.6 cm³/mol. The number of hydrogen-bond acceptors (Lipinski definition) is 7. The summed E-state index contributed by atoms with van der Waals surface area (Å²) in [7, 11) is 1.58. The Bertz CT molecular complexity index is 957. The molecule has 1 amide bonds. The molecule has 9 nitrogen and oxygen atoms in total. The first-order chi connectivity index (χ1) is 13.2. The lowest BCUT2D eigenvalue weighted by Crippen LogP contribution is -2.30. The maximum absolute atomic E-state index is 12.7. The molecule has 3 aromatic rings. The summed E-state index contributed by atoms with van der Waals surface area (Å²) in [6, 6.07) is 5.60. The van der Waals surface area contributed by atoms with Crippen molar-refractivity contribution in [2.45, 2.75) is 32.4 Å². The van der Waals surface area contributed by atoms with E-state index in [1.807, 2.05) is 11.6 Å². The molecule has 9 heteroatoms. The highest BCUT2D eigenvalue weighted by Crippen LogP contribution is 2.23. The number of piperidine rings is 1. The first-order valence-corrected chi connectivity index (χ1v) is 8.98. The van der Waals surface area contributed by atoms with Crippen molar-refractivity contribution in [2.24, 2.45) is 0 Å². The van der Waals surface area contributed by atoms with E-state index in [0.29, 0.717) is 35.0 Å². The molecular formula is C18H22N6O3. The van der Waals surface area contributed by atoms with Crippen LogP contribution in [-0.2, 0) is 11.3 Å². The Kier molecular flexibility index (Phi) is 4.87. The molecule has 1 saturated heterocycles. The van der Waals surface area contributed by atoms with Gasteiger partial charge in [0.15, 0.2) is 11.3 Å². The van der Waals surface area contributed by atoms with Crippen molar-refractivity contribution in [1.29, 1.82) is 0 Å². The number of fused-ring (bicyclic) bond motifs is 1. The van der Waals surface area contributed by atoms with E-state index in [4.69, 9.17) is 9.15 Å². The van der Waals surface area contributed by atoms with Crippen LogP contribution >= 0.6 is 0 Å². The topological polar surface area (TPSA) is 107 Å². The number of ether oxygens (including phenoxy) is 1. The Morgan fingerprint density at radius 3 is 3.00 bits per heavy atom. The van der Waals surface area contributed by atoms with Crippen molar-refractivity contribution in [2.75, 3.05) is 25.5 Å². The largest absolute Gasteiger partial charge is 0.438 e. The maximum atomic E-state index is 12.7. The molecule has 1 aromatic carbocycles. The second-order valence-corrected chi connectivity index (χ2v) is 6.63. The fourth-order valence-corrected chi connectivity index (χ4v) is 3.38. The summed E-state index contributed by atoms with van der Waals surface area (Å²) in [5.74, 6) is 0.212. The summed E-state index contributed by atoms with van der Waals surface area (Å²) < 4.78 is 12.5. The lowest BCUT2D eigenvalue weighted by molar-refractivity contribution is 0.102. The highest BCUT2D eigenvalue weighted by Gasteiger charge is 2.23. The number of methoxy groups -OCH3 is 1. The Hall–Kier alpha value is -2.78. The van der Waals surface area contributed by atoms with Gasteiger partial charge in [-0.1, -0.05) is 5.21 Å². The second-order valence-electron chi connectivity index (χ2n) is 6.63. The highest BCUT2D eigenvalue weighted by molar-refractivity contribution is 6.04. The molecule has 1 fully saturated rings. The normalized spacial score (nSPS) is 15.3. The van der Waals surface area contributed by atoms with Gasteiger partial charge in [-0.2, -0.15) is 0 Å².